The van der Waals surface area contributed by atoms with Crippen LogP contribution in [0.2, 0.25) is 5.02 Å². The number of hydrogen-bond donors (Lipinski definition) is 2. The first-order chi connectivity index (χ1) is 9.88. The molecule has 2 rings (SSSR count). The number of likely N-dealkylation sites (tertiary alicyclic amines) is 1. The number of aliphatic hydroxyl groups excluding tert-OH is 1. The van der Waals surface area contributed by atoms with Crippen molar-refractivity contribution >= 4 is 23.6 Å². The summed E-state index contributed by atoms with van der Waals surface area (Å²) in [4.78, 5) is 26.1. The summed E-state index contributed by atoms with van der Waals surface area (Å²) in [6.45, 7) is 0.385. The van der Waals surface area contributed by atoms with Gasteiger partial charge >= 0.3 is 12.0 Å². The van der Waals surface area contributed by atoms with Crippen molar-refractivity contribution in [3.05, 3.63) is 34.9 Å². The molecular weight excluding hydrogens is 296 g/mol. The first-order valence-electron chi connectivity index (χ1n) is 6.55. The van der Waals surface area contributed by atoms with Gasteiger partial charge in [0.05, 0.1) is 6.10 Å². The Morgan fingerprint density at radius 3 is 2.57 bits per heavy atom. The van der Waals surface area contributed by atoms with E-state index in [0.29, 0.717) is 11.6 Å². The van der Waals surface area contributed by atoms with E-state index in [-0.39, 0.29) is 13.0 Å². The van der Waals surface area contributed by atoms with Crippen molar-refractivity contribution in [2.45, 2.75) is 25.1 Å². The molecule has 1 aliphatic rings. The number of urea groups is 1. The second-order valence-corrected chi connectivity index (χ2v) is 5.60. The molecule has 1 saturated heterocycles. The van der Waals surface area contributed by atoms with Gasteiger partial charge in [0.2, 0.25) is 0 Å². The molecule has 0 unspecified atom stereocenters. The van der Waals surface area contributed by atoms with Gasteiger partial charge in [0, 0.05) is 31.6 Å². The molecule has 7 heteroatoms. The fourth-order valence-corrected chi connectivity index (χ4v) is 2.54. The molecule has 1 aliphatic heterocycles. The third-order valence-corrected chi connectivity index (χ3v) is 3.72. The average molecular weight is 313 g/mol. The zero-order valence-electron chi connectivity index (χ0n) is 11.6. The lowest BCUT2D eigenvalue weighted by Gasteiger charge is -2.27. The number of carbonyl (C=O) groups is 2. The molecule has 2 atom stereocenters. The Balaban J connectivity index is 2.04. The minimum absolute atomic E-state index is 0.0424. The zero-order chi connectivity index (χ0) is 15.6. The Kier molecular flexibility index (Phi) is 4.69. The maximum Gasteiger partial charge on any atom is 0.326 e. The lowest BCUT2D eigenvalue weighted by Crippen LogP contribution is -2.46. The van der Waals surface area contributed by atoms with Crippen LogP contribution in [0.3, 0.4) is 0 Å². The molecule has 6 nitrogen and oxygen atoms in total. The predicted molar refractivity (Wildman–Crippen MR) is 77.1 cm³/mol. The van der Waals surface area contributed by atoms with Crippen LogP contribution in [0.5, 0.6) is 0 Å². The molecule has 0 spiro atoms. The number of carboxylic acid groups (broad SMARTS) is 1. The van der Waals surface area contributed by atoms with Crippen molar-refractivity contribution < 1.29 is 19.8 Å². The molecule has 0 aromatic heterocycles. The summed E-state index contributed by atoms with van der Waals surface area (Å²) in [7, 11) is 1.60. The molecular formula is C14H17ClN2O4. The Morgan fingerprint density at radius 2 is 2.00 bits per heavy atom. The number of halogens is 1. The van der Waals surface area contributed by atoms with Gasteiger partial charge in [0.25, 0.3) is 0 Å². The van der Waals surface area contributed by atoms with E-state index in [4.69, 9.17) is 16.7 Å². The van der Waals surface area contributed by atoms with Crippen LogP contribution < -0.4 is 0 Å². The summed E-state index contributed by atoms with van der Waals surface area (Å²) in [5, 5.41) is 19.3. The number of aliphatic carboxylic acids is 1. The number of aliphatic hydroxyl groups is 1. The number of β-amino-alcohol motifs (C(OH)–C–C–N with tert-alkyl or cyclic N) is 1. The predicted octanol–water partition coefficient (Wildman–Crippen LogP) is 1.41. The van der Waals surface area contributed by atoms with E-state index in [9.17, 15) is 14.7 Å². The molecule has 21 heavy (non-hydrogen) atoms. The van der Waals surface area contributed by atoms with E-state index in [1.165, 1.54) is 9.80 Å². The minimum atomic E-state index is -1.10. The Morgan fingerprint density at radius 1 is 1.38 bits per heavy atom. The molecule has 2 N–H and O–H groups in total. The molecule has 2 amide bonds. The quantitative estimate of drug-likeness (QED) is 0.884. The SMILES string of the molecule is CN(Cc1ccc(Cl)cc1)C(=O)N1C[C@@H](O)C[C@H]1C(=O)O. The number of carboxylic acids is 1. The van der Waals surface area contributed by atoms with Crippen LogP contribution in [0.15, 0.2) is 24.3 Å². The molecule has 1 heterocycles. The molecule has 1 fully saturated rings. The van der Waals surface area contributed by atoms with Gasteiger partial charge in [0.1, 0.15) is 6.04 Å². The standard InChI is InChI=1S/C14H17ClN2O4/c1-16(7-9-2-4-10(15)5-3-9)14(21)17-8-11(18)6-12(17)13(19)20/h2-5,11-12,18H,6-8H2,1H3,(H,19,20)/t11-,12-/m0/s1. The van der Waals surface area contributed by atoms with Gasteiger partial charge < -0.3 is 20.0 Å². The number of amides is 2. The summed E-state index contributed by atoms with van der Waals surface area (Å²) in [6.07, 6.45) is -0.727. The van der Waals surface area contributed by atoms with Gasteiger partial charge in [-0.25, -0.2) is 9.59 Å². The lowest BCUT2D eigenvalue weighted by atomic mass is 10.2. The normalized spacial score (nSPS) is 21.4. The molecule has 114 valence electrons. The van der Waals surface area contributed by atoms with Crippen LogP contribution in [0.4, 0.5) is 4.79 Å². The molecule has 0 saturated carbocycles. The van der Waals surface area contributed by atoms with Crippen LogP contribution in [-0.4, -0.2) is 57.8 Å². The Bertz CT molecular complexity index is 534. The van der Waals surface area contributed by atoms with E-state index < -0.39 is 24.1 Å². The molecule has 0 radical (unpaired) electrons. The van der Waals surface area contributed by atoms with Gasteiger partial charge in [-0.1, -0.05) is 23.7 Å². The van der Waals surface area contributed by atoms with Gasteiger partial charge in [0.15, 0.2) is 0 Å². The number of hydrogen-bond acceptors (Lipinski definition) is 3. The van der Waals surface area contributed by atoms with Crippen LogP contribution >= 0.6 is 11.6 Å². The summed E-state index contributed by atoms with van der Waals surface area (Å²) in [6, 6.07) is 5.69. The fraction of sp³-hybridized carbons (Fsp3) is 0.429. The van der Waals surface area contributed by atoms with Crippen LogP contribution in [-0.2, 0) is 11.3 Å². The van der Waals surface area contributed by atoms with Gasteiger partial charge in [-0.3, -0.25) is 0 Å². The van der Waals surface area contributed by atoms with Crippen molar-refractivity contribution in [2.24, 2.45) is 0 Å². The molecule has 0 aliphatic carbocycles. The van der Waals surface area contributed by atoms with Crippen molar-refractivity contribution in [3.63, 3.8) is 0 Å². The summed E-state index contributed by atoms with van der Waals surface area (Å²) < 4.78 is 0. The van der Waals surface area contributed by atoms with E-state index in [0.717, 1.165) is 5.56 Å². The van der Waals surface area contributed by atoms with E-state index in [2.05, 4.69) is 0 Å². The number of nitrogens with zero attached hydrogens (tertiary/aromatic N) is 2. The van der Waals surface area contributed by atoms with E-state index >= 15 is 0 Å². The third kappa shape index (κ3) is 3.65. The van der Waals surface area contributed by atoms with E-state index in [1.54, 1.807) is 31.3 Å². The number of benzene rings is 1. The smallest absolute Gasteiger partial charge is 0.326 e. The summed E-state index contributed by atoms with van der Waals surface area (Å²) >= 11 is 5.80. The third-order valence-electron chi connectivity index (χ3n) is 3.47. The van der Waals surface area contributed by atoms with E-state index in [1.807, 2.05) is 0 Å². The topological polar surface area (TPSA) is 81.1 Å². The first-order valence-corrected chi connectivity index (χ1v) is 6.93. The van der Waals surface area contributed by atoms with Gasteiger partial charge in [-0.15, -0.1) is 0 Å². The number of rotatable bonds is 3. The van der Waals surface area contributed by atoms with Gasteiger partial charge in [-0.2, -0.15) is 0 Å². The number of carbonyl (C=O) groups excluding carboxylic acids is 1. The van der Waals surface area contributed by atoms with Crippen LogP contribution in [0, 0.1) is 0 Å². The van der Waals surface area contributed by atoms with Crippen molar-refractivity contribution in [1.29, 1.82) is 0 Å². The van der Waals surface area contributed by atoms with Crippen molar-refractivity contribution in [2.75, 3.05) is 13.6 Å². The molecule has 1 aromatic carbocycles. The Labute approximate surface area is 127 Å². The lowest BCUT2D eigenvalue weighted by molar-refractivity contribution is -0.141. The Hall–Kier alpha value is -1.79. The highest BCUT2D eigenvalue weighted by atomic mass is 35.5. The highest BCUT2D eigenvalue weighted by Crippen LogP contribution is 2.20. The summed E-state index contributed by atoms with van der Waals surface area (Å²) in [5.74, 6) is -1.10. The fourth-order valence-electron chi connectivity index (χ4n) is 2.41. The maximum atomic E-state index is 12.3. The minimum Gasteiger partial charge on any atom is -0.480 e. The second-order valence-electron chi connectivity index (χ2n) is 5.16. The van der Waals surface area contributed by atoms with Crippen LogP contribution in [0.25, 0.3) is 0 Å². The average Bonchev–Trinajstić information content (AvgIpc) is 2.82. The van der Waals surface area contributed by atoms with Crippen molar-refractivity contribution in [1.82, 2.24) is 9.80 Å². The largest absolute Gasteiger partial charge is 0.480 e. The highest BCUT2D eigenvalue weighted by Gasteiger charge is 2.39. The zero-order valence-corrected chi connectivity index (χ0v) is 12.3. The van der Waals surface area contributed by atoms with Crippen LogP contribution in [0.1, 0.15) is 12.0 Å². The molecule has 0 bridgehead atoms. The van der Waals surface area contributed by atoms with Gasteiger partial charge in [-0.05, 0) is 17.7 Å². The summed E-state index contributed by atoms with van der Waals surface area (Å²) in [5.41, 5.74) is 0.891. The van der Waals surface area contributed by atoms with Crippen molar-refractivity contribution in [3.8, 4) is 0 Å². The highest BCUT2D eigenvalue weighted by molar-refractivity contribution is 6.30. The molecule has 1 aromatic rings. The maximum absolute atomic E-state index is 12.3. The second kappa shape index (κ2) is 6.32. The monoisotopic (exact) mass is 312 g/mol. The first kappa shape index (κ1) is 15.6.